The predicted molar refractivity (Wildman–Crippen MR) is 68.5 cm³/mol. The number of rotatable bonds is 7. The second kappa shape index (κ2) is 7.06. The molecule has 1 atom stereocenters. The Hall–Kier alpha value is -1.36. The van der Waals surface area contributed by atoms with Gasteiger partial charge in [0.25, 0.3) is 0 Å². The lowest BCUT2D eigenvalue weighted by Gasteiger charge is -2.19. The van der Waals surface area contributed by atoms with Gasteiger partial charge in [-0.3, -0.25) is 9.89 Å². The van der Waals surface area contributed by atoms with Gasteiger partial charge in [0.2, 0.25) is 5.91 Å². The van der Waals surface area contributed by atoms with Crippen molar-refractivity contribution in [1.29, 1.82) is 0 Å². The van der Waals surface area contributed by atoms with E-state index in [0.717, 1.165) is 18.5 Å². The summed E-state index contributed by atoms with van der Waals surface area (Å²) in [7, 11) is 0. The van der Waals surface area contributed by atoms with Gasteiger partial charge in [-0.05, 0) is 31.2 Å². The summed E-state index contributed by atoms with van der Waals surface area (Å²) in [6.07, 6.45) is 5.67. The normalized spacial score (nSPS) is 12.7. The van der Waals surface area contributed by atoms with Crippen molar-refractivity contribution < 1.29 is 4.79 Å². The number of carbonyl (C=O) groups is 1. The van der Waals surface area contributed by atoms with Crippen molar-refractivity contribution in [2.45, 2.75) is 33.1 Å². The monoisotopic (exact) mass is 238 g/mol. The molecule has 1 rings (SSSR count). The molecule has 1 amide bonds. The molecule has 5 heteroatoms. The second-order valence-electron chi connectivity index (χ2n) is 4.66. The van der Waals surface area contributed by atoms with E-state index in [0.29, 0.717) is 24.8 Å². The van der Waals surface area contributed by atoms with Crippen molar-refractivity contribution in [1.82, 2.24) is 10.2 Å². The first-order valence-electron chi connectivity index (χ1n) is 6.12. The molecule has 0 saturated carbocycles. The molecule has 0 saturated heterocycles. The highest BCUT2D eigenvalue weighted by Crippen LogP contribution is 2.20. The molecule has 17 heavy (non-hydrogen) atoms. The van der Waals surface area contributed by atoms with Gasteiger partial charge in [-0.15, -0.1) is 0 Å². The van der Waals surface area contributed by atoms with Gasteiger partial charge in [0.05, 0.1) is 11.9 Å². The molecular weight excluding hydrogens is 216 g/mol. The van der Waals surface area contributed by atoms with E-state index >= 15 is 0 Å². The Morgan fingerprint density at radius 2 is 2.29 bits per heavy atom. The minimum absolute atomic E-state index is 0.0362. The number of anilines is 1. The standard InChI is InChI=1S/C12H22N4O/c1-9(2)10(5-6-13)3-4-12(17)16-11-7-14-15-8-11/h7-10H,3-6,13H2,1-2H3,(H,14,15)(H,16,17). The van der Waals surface area contributed by atoms with Gasteiger partial charge < -0.3 is 11.1 Å². The van der Waals surface area contributed by atoms with Crippen LogP contribution in [0.2, 0.25) is 0 Å². The van der Waals surface area contributed by atoms with Crippen LogP contribution in [0.3, 0.4) is 0 Å². The molecule has 1 unspecified atom stereocenters. The smallest absolute Gasteiger partial charge is 0.224 e. The highest BCUT2D eigenvalue weighted by atomic mass is 16.1. The lowest BCUT2D eigenvalue weighted by molar-refractivity contribution is -0.116. The number of nitrogens with zero attached hydrogens (tertiary/aromatic N) is 1. The van der Waals surface area contributed by atoms with Crippen molar-refractivity contribution in [3.63, 3.8) is 0 Å². The van der Waals surface area contributed by atoms with Crippen LogP contribution < -0.4 is 11.1 Å². The number of carbonyl (C=O) groups excluding carboxylic acids is 1. The molecule has 1 aromatic rings. The summed E-state index contributed by atoms with van der Waals surface area (Å²) in [5, 5.41) is 9.22. The van der Waals surface area contributed by atoms with Crippen molar-refractivity contribution >= 4 is 11.6 Å². The number of nitrogens with one attached hydrogen (secondary N) is 2. The zero-order valence-corrected chi connectivity index (χ0v) is 10.6. The summed E-state index contributed by atoms with van der Waals surface area (Å²) in [4.78, 5) is 11.7. The van der Waals surface area contributed by atoms with Crippen molar-refractivity contribution in [3.8, 4) is 0 Å². The number of hydrogen-bond acceptors (Lipinski definition) is 3. The summed E-state index contributed by atoms with van der Waals surface area (Å²) in [5.74, 6) is 1.13. The third kappa shape index (κ3) is 4.99. The van der Waals surface area contributed by atoms with E-state index in [9.17, 15) is 4.79 Å². The third-order valence-electron chi connectivity index (χ3n) is 3.00. The van der Waals surface area contributed by atoms with Crippen LogP contribution in [0.25, 0.3) is 0 Å². The van der Waals surface area contributed by atoms with Crippen LogP contribution in [-0.2, 0) is 4.79 Å². The maximum atomic E-state index is 11.7. The predicted octanol–water partition coefficient (Wildman–Crippen LogP) is 1.75. The van der Waals surface area contributed by atoms with Gasteiger partial charge in [-0.1, -0.05) is 13.8 Å². The second-order valence-corrected chi connectivity index (χ2v) is 4.66. The number of H-pyrrole nitrogens is 1. The largest absolute Gasteiger partial charge is 0.330 e. The van der Waals surface area contributed by atoms with Crippen LogP contribution in [0, 0.1) is 11.8 Å². The highest BCUT2D eigenvalue weighted by Gasteiger charge is 2.14. The Labute approximate surface area is 102 Å². The molecule has 0 aromatic carbocycles. The van der Waals surface area contributed by atoms with E-state index < -0.39 is 0 Å². The minimum Gasteiger partial charge on any atom is -0.330 e. The molecule has 0 bridgehead atoms. The first-order valence-corrected chi connectivity index (χ1v) is 6.12. The third-order valence-corrected chi connectivity index (χ3v) is 3.00. The number of nitrogens with two attached hydrogens (primary N) is 1. The van der Waals surface area contributed by atoms with Gasteiger partial charge in [-0.2, -0.15) is 5.10 Å². The van der Waals surface area contributed by atoms with Crippen LogP contribution in [0.1, 0.15) is 33.1 Å². The summed E-state index contributed by atoms with van der Waals surface area (Å²) < 4.78 is 0. The van der Waals surface area contributed by atoms with E-state index in [-0.39, 0.29) is 5.91 Å². The quantitative estimate of drug-likeness (QED) is 0.676. The van der Waals surface area contributed by atoms with E-state index in [1.165, 1.54) is 0 Å². The molecule has 1 aromatic heterocycles. The first kappa shape index (κ1) is 13.7. The molecule has 0 spiro atoms. The molecule has 0 aliphatic rings. The van der Waals surface area contributed by atoms with E-state index in [1.54, 1.807) is 12.4 Å². The number of amides is 1. The van der Waals surface area contributed by atoms with Gasteiger partial charge >= 0.3 is 0 Å². The molecule has 1 heterocycles. The summed E-state index contributed by atoms with van der Waals surface area (Å²) >= 11 is 0. The Bertz CT molecular complexity index is 321. The molecule has 0 radical (unpaired) electrons. The van der Waals surface area contributed by atoms with E-state index in [2.05, 4.69) is 29.4 Å². The summed E-state index contributed by atoms with van der Waals surface area (Å²) in [6.45, 7) is 5.04. The molecule has 0 fully saturated rings. The zero-order chi connectivity index (χ0) is 12.7. The molecule has 0 aliphatic carbocycles. The van der Waals surface area contributed by atoms with Gasteiger partial charge in [0.15, 0.2) is 0 Å². The Balaban J connectivity index is 2.31. The summed E-state index contributed by atoms with van der Waals surface area (Å²) in [5.41, 5.74) is 6.29. The number of aromatic nitrogens is 2. The fourth-order valence-electron chi connectivity index (χ4n) is 1.88. The van der Waals surface area contributed by atoms with Gasteiger partial charge in [0.1, 0.15) is 0 Å². The number of aromatic amines is 1. The van der Waals surface area contributed by atoms with E-state index in [4.69, 9.17) is 5.73 Å². The maximum Gasteiger partial charge on any atom is 0.224 e. The molecule has 5 nitrogen and oxygen atoms in total. The van der Waals surface area contributed by atoms with E-state index in [1.807, 2.05) is 0 Å². The van der Waals surface area contributed by atoms with Crippen LogP contribution >= 0.6 is 0 Å². The highest BCUT2D eigenvalue weighted by molar-refractivity contribution is 5.90. The maximum absolute atomic E-state index is 11.7. The lowest BCUT2D eigenvalue weighted by atomic mass is 9.88. The van der Waals surface area contributed by atoms with Crippen LogP contribution in [-0.4, -0.2) is 22.6 Å². The SMILES string of the molecule is CC(C)C(CCN)CCC(=O)Nc1cn[nH]c1. The van der Waals surface area contributed by atoms with Crippen LogP contribution in [0.15, 0.2) is 12.4 Å². The average molecular weight is 238 g/mol. The Morgan fingerprint density at radius 1 is 1.53 bits per heavy atom. The molecule has 96 valence electrons. The van der Waals surface area contributed by atoms with Gasteiger partial charge in [-0.25, -0.2) is 0 Å². The first-order chi connectivity index (χ1) is 8.13. The minimum atomic E-state index is 0.0362. The molecular formula is C12H22N4O. The number of hydrogen-bond donors (Lipinski definition) is 3. The average Bonchev–Trinajstić information content (AvgIpc) is 2.76. The van der Waals surface area contributed by atoms with Crippen molar-refractivity contribution in [2.24, 2.45) is 17.6 Å². The van der Waals surface area contributed by atoms with Crippen LogP contribution in [0.5, 0.6) is 0 Å². The summed E-state index contributed by atoms with van der Waals surface area (Å²) in [6, 6.07) is 0. The fourth-order valence-corrected chi connectivity index (χ4v) is 1.88. The van der Waals surface area contributed by atoms with Crippen molar-refractivity contribution in [2.75, 3.05) is 11.9 Å². The lowest BCUT2D eigenvalue weighted by Crippen LogP contribution is -2.18. The van der Waals surface area contributed by atoms with Crippen molar-refractivity contribution in [3.05, 3.63) is 12.4 Å². The Kier molecular flexibility index (Phi) is 5.69. The fraction of sp³-hybridized carbons (Fsp3) is 0.667. The zero-order valence-electron chi connectivity index (χ0n) is 10.6. The molecule has 4 N–H and O–H groups in total. The van der Waals surface area contributed by atoms with Gasteiger partial charge in [0, 0.05) is 12.6 Å². The molecule has 0 aliphatic heterocycles. The Morgan fingerprint density at radius 3 is 2.82 bits per heavy atom. The topological polar surface area (TPSA) is 83.8 Å². The van der Waals surface area contributed by atoms with Crippen LogP contribution in [0.4, 0.5) is 5.69 Å².